The van der Waals surface area contributed by atoms with E-state index in [1.54, 1.807) is 12.1 Å². The van der Waals surface area contributed by atoms with Gasteiger partial charge in [-0.15, -0.1) is 0 Å². The fourth-order valence-corrected chi connectivity index (χ4v) is 2.24. The third-order valence-corrected chi connectivity index (χ3v) is 3.20. The highest BCUT2D eigenvalue weighted by Gasteiger charge is 2.25. The first-order valence-corrected chi connectivity index (χ1v) is 5.86. The molecule has 17 heavy (non-hydrogen) atoms. The predicted octanol–water partition coefficient (Wildman–Crippen LogP) is 2.40. The molecule has 0 spiro atoms. The van der Waals surface area contributed by atoms with Crippen molar-refractivity contribution in [3.05, 3.63) is 35.4 Å². The Hall–Kier alpha value is -1.42. The molecule has 4 heteroatoms. The zero-order chi connectivity index (χ0) is 12.3. The quantitative estimate of drug-likeness (QED) is 0.848. The van der Waals surface area contributed by atoms with Gasteiger partial charge >= 0.3 is 5.97 Å². The molecule has 0 aromatic heterocycles. The normalized spacial score (nSPS) is 22.1. The number of rotatable bonds is 3. The molecule has 92 valence electrons. The lowest BCUT2D eigenvalue weighted by molar-refractivity contribution is 0.0696. The summed E-state index contributed by atoms with van der Waals surface area (Å²) in [6.45, 7) is 1.61. The summed E-state index contributed by atoms with van der Waals surface area (Å²) in [5, 5.41) is 12.0. The van der Waals surface area contributed by atoms with Crippen molar-refractivity contribution in [2.45, 2.75) is 19.0 Å². The minimum absolute atomic E-state index is 0.0483. The van der Waals surface area contributed by atoms with E-state index >= 15 is 0 Å². The van der Waals surface area contributed by atoms with Crippen LogP contribution in [-0.4, -0.2) is 24.2 Å². The first-order valence-electron chi connectivity index (χ1n) is 5.86. The SMILES string of the molecule is O=C(O)c1cccc(C(F)C2CCCNC2)c1. The number of halogens is 1. The van der Waals surface area contributed by atoms with Crippen molar-refractivity contribution in [1.29, 1.82) is 0 Å². The average molecular weight is 237 g/mol. The van der Waals surface area contributed by atoms with E-state index in [1.807, 2.05) is 0 Å². The fourth-order valence-electron chi connectivity index (χ4n) is 2.24. The van der Waals surface area contributed by atoms with Crippen molar-refractivity contribution in [3.8, 4) is 0 Å². The van der Waals surface area contributed by atoms with E-state index in [2.05, 4.69) is 5.32 Å². The molecular weight excluding hydrogens is 221 g/mol. The van der Waals surface area contributed by atoms with Gasteiger partial charge in [-0.1, -0.05) is 12.1 Å². The highest BCUT2D eigenvalue weighted by atomic mass is 19.1. The molecule has 3 nitrogen and oxygen atoms in total. The van der Waals surface area contributed by atoms with Gasteiger partial charge in [0.05, 0.1) is 5.56 Å². The second-order valence-electron chi connectivity index (χ2n) is 4.44. The van der Waals surface area contributed by atoms with Crippen LogP contribution in [0.5, 0.6) is 0 Å². The zero-order valence-electron chi connectivity index (χ0n) is 9.53. The zero-order valence-corrected chi connectivity index (χ0v) is 9.53. The number of benzene rings is 1. The highest BCUT2D eigenvalue weighted by molar-refractivity contribution is 5.87. The standard InChI is InChI=1S/C13H16FNO2/c14-12(11-5-2-6-15-8-11)9-3-1-4-10(7-9)13(16)17/h1,3-4,7,11-12,15H,2,5-6,8H2,(H,16,17). The van der Waals surface area contributed by atoms with Crippen molar-refractivity contribution in [1.82, 2.24) is 5.32 Å². The van der Waals surface area contributed by atoms with Crippen LogP contribution in [0.2, 0.25) is 0 Å². The summed E-state index contributed by atoms with van der Waals surface area (Å²) in [5.74, 6) is -1.06. The maximum Gasteiger partial charge on any atom is 0.335 e. The minimum atomic E-state index is -1.08. The molecule has 0 bridgehead atoms. The topological polar surface area (TPSA) is 49.3 Å². The number of carboxylic acid groups (broad SMARTS) is 1. The van der Waals surface area contributed by atoms with Gasteiger partial charge in [0.25, 0.3) is 0 Å². The Morgan fingerprint density at radius 3 is 3.00 bits per heavy atom. The molecule has 2 unspecified atom stereocenters. The van der Waals surface area contributed by atoms with E-state index in [0.717, 1.165) is 19.4 Å². The van der Waals surface area contributed by atoms with Gasteiger partial charge in [0.2, 0.25) is 0 Å². The van der Waals surface area contributed by atoms with Crippen LogP contribution in [-0.2, 0) is 0 Å². The van der Waals surface area contributed by atoms with E-state index in [9.17, 15) is 9.18 Å². The summed E-state index contributed by atoms with van der Waals surface area (Å²) >= 11 is 0. The summed E-state index contributed by atoms with van der Waals surface area (Å²) < 4.78 is 14.2. The van der Waals surface area contributed by atoms with Crippen LogP contribution in [0.4, 0.5) is 4.39 Å². The largest absolute Gasteiger partial charge is 0.478 e. The van der Waals surface area contributed by atoms with Crippen LogP contribution in [0.1, 0.15) is 34.9 Å². The first kappa shape index (κ1) is 12.0. The number of hydrogen-bond acceptors (Lipinski definition) is 2. The number of carboxylic acids is 1. The monoisotopic (exact) mass is 237 g/mol. The summed E-state index contributed by atoms with van der Waals surface area (Å²) in [7, 11) is 0. The van der Waals surface area contributed by atoms with E-state index < -0.39 is 12.1 Å². The molecule has 1 aromatic rings. The number of hydrogen-bond donors (Lipinski definition) is 2. The van der Waals surface area contributed by atoms with Gasteiger partial charge in [-0.2, -0.15) is 0 Å². The molecule has 1 aliphatic rings. The lowest BCUT2D eigenvalue weighted by Crippen LogP contribution is -2.32. The number of nitrogens with one attached hydrogen (secondary N) is 1. The lowest BCUT2D eigenvalue weighted by Gasteiger charge is -2.26. The lowest BCUT2D eigenvalue weighted by atomic mass is 9.90. The minimum Gasteiger partial charge on any atom is -0.478 e. The molecular formula is C13H16FNO2. The molecule has 2 atom stereocenters. The van der Waals surface area contributed by atoms with Gasteiger partial charge < -0.3 is 10.4 Å². The number of piperidine rings is 1. The van der Waals surface area contributed by atoms with Gasteiger partial charge in [-0.3, -0.25) is 0 Å². The van der Waals surface area contributed by atoms with Crippen LogP contribution < -0.4 is 5.32 Å². The predicted molar refractivity (Wildman–Crippen MR) is 62.8 cm³/mol. The van der Waals surface area contributed by atoms with E-state index in [0.29, 0.717) is 12.1 Å². The highest BCUT2D eigenvalue weighted by Crippen LogP contribution is 2.31. The Morgan fingerprint density at radius 1 is 1.53 bits per heavy atom. The van der Waals surface area contributed by atoms with Crippen molar-refractivity contribution < 1.29 is 14.3 Å². The number of alkyl halides is 1. The second-order valence-corrected chi connectivity index (χ2v) is 4.44. The molecule has 1 saturated heterocycles. The van der Waals surface area contributed by atoms with Crippen LogP contribution >= 0.6 is 0 Å². The Kier molecular flexibility index (Phi) is 3.74. The molecule has 0 amide bonds. The molecule has 0 aliphatic carbocycles. The molecule has 0 radical (unpaired) electrons. The Balaban J connectivity index is 2.14. The fraction of sp³-hybridized carbons (Fsp3) is 0.462. The van der Waals surface area contributed by atoms with Gasteiger partial charge in [-0.25, -0.2) is 9.18 Å². The van der Waals surface area contributed by atoms with E-state index in [-0.39, 0.29) is 11.5 Å². The molecule has 1 aromatic carbocycles. The van der Waals surface area contributed by atoms with E-state index in [4.69, 9.17) is 5.11 Å². The average Bonchev–Trinajstić information content (AvgIpc) is 2.39. The summed E-state index contributed by atoms with van der Waals surface area (Å²) in [5.41, 5.74) is 0.618. The first-order chi connectivity index (χ1) is 8.18. The van der Waals surface area contributed by atoms with Crippen LogP contribution in [0.15, 0.2) is 24.3 Å². The summed E-state index contributed by atoms with van der Waals surface area (Å²) in [4.78, 5) is 10.8. The van der Waals surface area contributed by atoms with E-state index in [1.165, 1.54) is 12.1 Å². The van der Waals surface area contributed by atoms with Crippen LogP contribution in [0.3, 0.4) is 0 Å². The molecule has 2 N–H and O–H groups in total. The Bertz CT molecular complexity index is 402. The van der Waals surface area contributed by atoms with Crippen LogP contribution in [0.25, 0.3) is 0 Å². The summed E-state index contributed by atoms with van der Waals surface area (Å²) in [6.07, 6.45) is 0.747. The molecule has 2 rings (SSSR count). The maximum absolute atomic E-state index is 14.2. The van der Waals surface area contributed by atoms with Crippen LogP contribution in [0, 0.1) is 5.92 Å². The maximum atomic E-state index is 14.2. The van der Waals surface area contributed by atoms with Crippen molar-refractivity contribution in [2.75, 3.05) is 13.1 Å². The van der Waals surface area contributed by atoms with Gasteiger partial charge in [-0.05, 0) is 37.1 Å². The van der Waals surface area contributed by atoms with Crippen molar-refractivity contribution >= 4 is 5.97 Å². The molecule has 1 aliphatic heterocycles. The Morgan fingerprint density at radius 2 is 2.35 bits per heavy atom. The molecule has 1 heterocycles. The smallest absolute Gasteiger partial charge is 0.335 e. The number of aromatic carboxylic acids is 1. The molecule has 1 fully saturated rings. The van der Waals surface area contributed by atoms with Gasteiger partial charge in [0.15, 0.2) is 0 Å². The van der Waals surface area contributed by atoms with Gasteiger partial charge in [0.1, 0.15) is 6.17 Å². The third kappa shape index (κ3) is 2.82. The Labute approximate surface area is 99.7 Å². The van der Waals surface area contributed by atoms with Crippen molar-refractivity contribution in [2.24, 2.45) is 5.92 Å². The summed E-state index contributed by atoms with van der Waals surface area (Å²) in [6, 6.07) is 6.17. The third-order valence-electron chi connectivity index (χ3n) is 3.20. The number of carbonyl (C=O) groups is 1. The molecule has 0 saturated carbocycles. The van der Waals surface area contributed by atoms with Crippen molar-refractivity contribution in [3.63, 3.8) is 0 Å². The second kappa shape index (κ2) is 5.27. The van der Waals surface area contributed by atoms with Gasteiger partial charge in [0, 0.05) is 12.5 Å².